The third kappa shape index (κ3) is 4.46. The fraction of sp³-hybridized carbons (Fsp3) is 0.500. The van der Waals surface area contributed by atoms with Gasteiger partial charge >= 0.3 is 0 Å². The Kier molecular flexibility index (Phi) is 6.18. The van der Waals surface area contributed by atoms with Crippen LogP contribution in [-0.2, 0) is 11.3 Å². The number of hydrogen-bond donors (Lipinski definition) is 1. The molecule has 5 rings (SSSR count). The highest BCUT2D eigenvalue weighted by Crippen LogP contribution is 2.42. The molecule has 0 bridgehead atoms. The van der Waals surface area contributed by atoms with Gasteiger partial charge in [-0.2, -0.15) is 0 Å². The molecule has 1 spiro atoms. The van der Waals surface area contributed by atoms with Crippen LogP contribution in [0.2, 0.25) is 0 Å². The van der Waals surface area contributed by atoms with Crippen molar-refractivity contribution in [1.29, 1.82) is 0 Å². The number of hydrogen-bond acceptors (Lipinski definition) is 3. The maximum absolute atomic E-state index is 13.3. The highest BCUT2D eigenvalue weighted by molar-refractivity contribution is 9.10. The number of amides is 1. The molecule has 2 atom stereocenters. The lowest BCUT2D eigenvalue weighted by molar-refractivity contribution is -0.139. The Morgan fingerprint density at radius 3 is 2.39 bits per heavy atom. The summed E-state index contributed by atoms with van der Waals surface area (Å²) in [5, 5.41) is 3.61. The molecule has 3 aliphatic rings. The van der Waals surface area contributed by atoms with Crippen molar-refractivity contribution in [1.82, 2.24) is 15.1 Å². The minimum atomic E-state index is -0.112. The van der Waals surface area contributed by atoms with Crippen LogP contribution in [0.25, 0.3) is 0 Å². The number of nitrogens with one attached hydrogen (secondary N) is 1. The van der Waals surface area contributed by atoms with Gasteiger partial charge in [0, 0.05) is 36.6 Å². The molecular formula is C26H32BrN3O. The molecule has 1 unspecified atom stereocenters. The molecule has 164 valence electrons. The van der Waals surface area contributed by atoms with Gasteiger partial charge in [-0.05, 0) is 68.1 Å². The average molecular weight is 482 g/mol. The first kappa shape index (κ1) is 21.2. The zero-order valence-corrected chi connectivity index (χ0v) is 19.7. The van der Waals surface area contributed by atoms with Crippen LogP contribution in [0, 0.1) is 11.3 Å². The average Bonchev–Trinajstić information content (AvgIpc) is 3.38. The molecule has 1 N–H and O–H groups in total. The molecule has 3 aliphatic heterocycles. The van der Waals surface area contributed by atoms with Gasteiger partial charge in [-0.1, -0.05) is 58.4 Å². The Bertz CT molecular complexity index is 893. The smallest absolute Gasteiger partial charge is 0.229 e. The Morgan fingerprint density at radius 1 is 0.935 bits per heavy atom. The van der Waals surface area contributed by atoms with E-state index in [1.54, 1.807) is 0 Å². The molecule has 1 amide bonds. The number of carbonyl (C=O) groups excluding carboxylic acids is 1. The highest BCUT2D eigenvalue weighted by atomic mass is 79.9. The molecule has 31 heavy (non-hydrogen) atoms. The fourth-order valence-electron chi connectivity index (χ4n) is 5.83. The normalized spacial score (nSPS) is 26.1. The Labute approximate surface area is 194 Å². The van der Waals surface area contributed by atoms with Crippen LogP contribution in [-0.4, -0.2) is 55.0 Å². The summed E-state index contributed by atoms with van der Waals surface area (Å²) in [7, 11) is 0. The van der Waals surface area contributed by atoms with Crippen LogP contribution < -0.4 is 5.32 Å². The summed E-state index contributed by atoms with van der Waals surface area (Å²) in [5.41, 5.74) is 2.56. The lowest BCUT2D eigenvalue weighted by atomic mass is 9.76. The summed E-state index contributed by atoms with van der Waals surface area (Å²) in [6.07, 6.45) is 3.05. The van der Waals surface area contributed by atoms with Crippen molar-refractivity contribution in [3.63, 3.8) is 0 Å². The van der Waals surface area contributed by atoms with Gasteiger partial charge in [0.2, 0.25) is 5.91 Å². The Balaban J connectivity index is 1.17. The van der Waals surface area contributed by atoms with E-state index in [0.29, 0.717) is 17.7 Å². The van der Waals surface area contributed by atoms with Crippen LogP contribution in [0.5, 0.6) is 0 Å². The van der Waals surface area contributed by atoms with Crippen LogP contribution in [0.1, 0.15) is 36.3 Å². The first-order valence-electron chi connectivity index (χ1n) is 11.6. The second-order valence-corrected chi connectivity index (χ2v) is 10.5. The van der Waals surface area contributed by atoms with Crippen molar-refractivity contribution >= 4 is 21.8 Å². The van der Waals surface area contributed by atoms with Gasteiger partial charge in [-0.3, -0.25) is 4.79 Å². The number of benzene rings is 2. The van der Waals surface area contributed by atoms with Gasteiger partial charge in [-0.25, -0.2) is 0 Å². The Morgan fingerprint density at radius 2 is 1.65 bits per heavy atom. The van der Waals surface area contributed by atoms with Gasteiger partial charge < -0.3 is 15.1 Å². The van der Waals surface area contributed by atoms with E-state index < -0.39 is 0 Å². The van der Waals surface area contributed by atoms with Crippen LogP contribution >= 0.6 is 15.9 Å². The Hall–Kier alpha value is -1.69. The third-order valence-electron chi connectivity index (χ3n) is 7.76. The number of likely N-dealkylation sites (tertiary alicyclic amines) is 2. The van der Waals surface area contributed by atoms with E-state index in [1.807, 2.05) is 0 Å². The predicted octanol–water partition coefficient (Wildman–Crippen LogP) is 4.27. The zero-order valence-electron chi connectivity index (χ0n) is 18.1. The van der Waals surface area contributed by atoms with Crippen molar-refractivity contribution in [2.45, 2.75) is 31.7 Å². The molecule has 3 saturated heterocycles. The number of halogens is 1. The monoisotopic (exact) mass is 481 g/mol. The largest absolute Gasteiger partial charge is 0.338 e. The van der Waals surface area contributed by atoms with Gasteiger partial charge in [0.25, 0.3) is 0 Å². The van der Waals surface area contributed by atoms with E-state index in [9.17, 15) is 4.79 Å². The van der Waals surface area contributed by atoms with Crippen LogP contribution in [0.3, 0.4) is 0 Å². The predicted molar refractivity (Wildman–Crippen MR) is 128 cm³/mol. The van der Waals surface area contributed by atoms with E-state index in [-0.39, 0.29) is 5.41 Å². The fourth-order valence-corrected chi connectivity index (χ4v) is 6.09. The number of carbonyl (C=O) groups is 1. The summed E-state index contributed by atoms with van der Waals surface area (Å²) in [5.74, 6) is 1.65. The first-order chi connectivity index (χ1) is 15.1. The van der Waals surface area contributed by atoms with E-state index in [0.717, 1.165) is 69.5 Å². The summed E-state index contributed by atoms with van der Waals surface area (Å²) in [6.45, 7) is 7.06. The van der Waals surface area contributed by atoms with Crippen molar-refractivity contribution < 1.29 is 4.79 Å². The highest BCUT2D eigenvalue weighted by Gasteiger charge is 2.48. The molecule has 4 nitrogen and oxygen atoms in total. The molecule has 3 fully saturated rings. The van der Waals surface area contributed by atoms with Crippen LogP contribution in [0.15, 0.2) is 59.1 Å². The van der Waals surface area contributed by atoms with Crippen molar-refractivity contribution in [2.24, 2.45) is 11.3 Å². The van der Waals surface area contributed by atoms with Gasteiger partial charge in [0.1, 0.15) is 0 Å². The van der Waals surface area contributed by atoms with Crippen LogP contribution in [0.4, 0.5) is 0 Å². The molecule has 2 aromatic carbocycles. The van der Waals surface area contributed by atoms with Crippen molar-refractivity contribution in [3.8, 4) is 0 Å². The molecule has 0 radical (unpaired) electrons. The van der Waals surface area contributed by atoms with E-state index in [2.05, 4.69) is 85.6 Å². The maximum atomic E-state index is 13.3. The number of piperidine rings is 1. The number of rotatable bonds is 5. The lowest BCUT2D eigenvalue weighted by Gasteiger charge is -2.39. The van der Waals surface area contributed by atoms with Gasteiger partial charge in [-0.15, -0.1) is 0 Å². The molecular weight excluding hydrogens is 450 g/mol. The zero-order chi connectivity index (χ0) is 21.3. The summed E-state index contributed by atoms with van der Waals surface area (Å²) in [6, 6.07) is 19.3. The summed E-state index contributed by atoms with van der Waals surface area (Å²) < 4.78 is 1.08. The topological polar surface area (TPSA) is 35.6 Å². The van der Waals surface area contributed by atoms with Gasteiger partial charge in [0.15, 0.2) is 0 Å². The lowest BCUT2D eigenvalue weighted by Crippen LogP contribution is -2.46. The first-order valence-corrected chi connectivity index (χ1v) is 12.4. The van der Waals surface area contributed by atoms with E-state index in [1.165, 1.54) is 11.1 Å². The SMILES string of the molecule is O=C1N(Cc2ccc(Br)cc2)CCC12CCN(CC1CNC[C@@H]1c1ccccc1)CC2. The summed E-state index contributed by atoms with van der Waals surface area (Å²) >= 11 is 3.49. The molecule has 3 heterocycles. The second-order valence-electron chi connectivity index (χ2n) is 9.62. The molecule has 0 aromatic heterocycles. The molecule has 0 aliphatic carbocycles. The maximum Gasteiger partial charge on any atom is 0.229 e. The van der Waals surface area contributed by atoms with Crippen molar-refractivity contribution in [3.05, 3.63) is 70.2 Å². The minimum absolute atomic E-state index is 0.112. The second kappa shape index (κ2) is 9.05. The third-order valence-corrected chi connectivity index (χ3v) is 8.29. The number of nitrogens with zero attached hydrogens (tertiary/aromatic N) is 2. The van der Waals surface area contributed by atoms with E-state index >= 15 is 0 Å². The standard InChI is InChI=1S/C26H32BrN3O/c27-23-8-6-20(7-9-23)18-30-15-12-26(25(30)31)10-13-29(14-11-26)19-22-16-28-17-24(22)21-4-2-1-3-5-21/h1-9,22,24,28H,10-19H2/t22?,24-/m1/s1. The quantitative estimate of drug-likeness (QED) is 0.692. The van der Waals surface area contributed by atoms with Crippen molar-refractivity contribution in [2.75, 3.05) is 39.3 Å². The molecule has 5 heteroatoms. The molecule has 2 aromatic rings. The minimum Gasteiger partial charge on any atom is -0.338 e. The summed E-state index contributed by atoms with van der Waals surface area (Å²) in [4.78, 5) is 18.0. The molecule has 0 saturated carbocycles. The van der Waals surface area contributed by atoms with Gasteiger partial charge in [0.05, 0.1) is 5.41 Å². The van der Waals surface area contributed by atoms with E-state index in [4.69, 9.17) is 0 Å².